The topological polar surface area (TPSA) is 59.2 Å². The molecule has 0 saturated carbocycles. The van der Waals surface area contributed by atoms with Crippen LogP contribution in [0.2, 0.25) is 10.0 Å². The monoisotopic (exact) mass is 419 g/mol. The predicted octanol–water partition coefficient (Wildman–Crippen LogP) is 5.20. The first kappa shape index (κ1) is 18.9. The maximum absolute atomic E-state index is 13.1. The van der Waals surface area contributed by atoms with Gasteiger partial charge in [-0.25, -0.2) is 4.39 Å². The van der Waals surface area contributed by atoms with Crippen LogP contribution >= 0.6 is 23.2 Å². The van der Waals surface area contributed by atoms with Crippen LogP contribution in [0.25, 0.3) is 11.5 Å². The summed E-state index contributed by atoms with van der Waals surface area (Å²) in [6.07, 6.45) is 1.65. The number of carbonyl (C=O) groups excluding carboxylic acids is 1. The lowest BCUT2D eigenvalue weighted by molar-refractivity contribution is 0.0698. The molecule has 0 aliphatic carbocycles. The van der Waals surface area contributed by atoms with Crippen molar-refractivity contribution in [2.45, 2.75) is 18.8 Å². The Morgan fingerprint density at radius 2 is 1.93 bits per heavy atom. The summed E-state index contributed by atoms with van der Waals surface area (Å²) in [5.41, 5.74) is 1.07. The predicted molar refractivity (Wildman–Crippen MR) is 104 cm³/mol. The van der Waals surface area contributed by atoms with Gasteiger partial charge in [0.05, 0.1) is 16.5 Å². The zero-order chi connectivity index (χ0) is 19.7. The third kappa shape index (κ3) is 3.88. The van der Waals surface area contributed by atoms with Gasteiger partial charge in [0.15, 0.2) is 0 Å². The number of rotatable bonds is 3. The Balaban J connectivity index is 1.51. The molecule has 8 heteroatoms. The van der Waals surface area contributed by atoms with Crippen molar-refractivity contribution >= 4 is 29.1 Å². The van der Waals surface area contributed by atoms with Crippen LogP contribution in [0.15, 0.2) is 46.9 Å². The molecule has 2 aromatic carbocycles. The van der Waals surface area contributed by atoms with Crippen molar-refractivity contribution in [2.75, 3.05) is 13.1 Å². The second-order valence-electron chi connectivity index (χ2n) is 6.67. The van der Waals surface area contributed by atoms with Gasteiger partial charge in [-0.2, -0.15) is 0 Å². The summed E-state index contributed by atoms with van der Waals surface area (Å²) in [5.74, 6) is 0.263. The van der Waals surface area contributed by atoms with Crippen molar-refractivity contribution in [1.29, 1.82) is 0 Å². The molecule has 144 valence electrons. The maximum atomic E-state index is 13.1. The van der Waals surface area contributed by atoms with E-state index in [1.54, 1.807) is 35.2 Å². The minimum atomic E-state index is -0.328. The third-order valence-corrected chi connectivity index (χ3v) is 5.30. The molecule has 1 aliphatic rings. The number of piperidine rings is 1. The van der Waals surface area contributed by atoms with Gasteiger partial charge < -0.3 is 9.32 Å². The lowest BCUT2D eigenvalue weighted by atomic mass is 9.97. The summed E-state index contributed by atoms with van der Waals surface area (Å²) < 4.78 is 18.9. The Morgan fingerprint density at radius 1 is 1.14 bits per heavy atom. The van der Waals surface area contributed by atoms with Crippen LogP contribution in [0.5, 0.6) is 0 Å². The van der Waals surface area contributed by atoms with Gasteiger partial charge >= 0.3 is 0 Å². The van der Waals surface area contributed by atoms with Gasteiger partial charge in [0.25, 0.3) is 5.91 Å². The molecular weight excluding hydrogens is 404 g/mol. The fraction of sp³-hybridized carbons (Fsp3) is 0.250. The molecular formula is C20H16Cl2FN3O2. The van der Waals surface area contributed by atoms with Gasteiger partial charge in [0, 0.05) is 23.7 Å². The first-order valence-electron chi connectivity index (χ1n) is 8.85. The molecule has 1 fully saturated rings. The van der Waals surface area contributed by atoms with Crippen molar-refractivity contribution in [3.8, 4) is 11.5 Å². The number of likely N-dealkylation sites (tertiary alicyclic amines) is 1. The highest BCUT2D eigenvalue weighted by molar-refractivity contribution is 6.36. The largest absolute Gasteiger partial charge is 0.420 e. The van der Waals surface area contributed by atoms with E-state index >= 15 is 0 Å². The zero-order valence-electron chi connectivity index (χ0n) is 14.7. The van der Waals surface area contributed by atoms with Gasteiger partial charge in [-0.15, -0.1) is 10.2 Å². The summed E-state index contributed by atoms with van der Waals surface area (Å²) in [6.45, 7) is 1.09. The van der Waals surface area contributed by atoms with Crippen molar-refractivity contribution in [3.63, 3.8) is 0 Å². The fourth-order valence-corrected chi connectivity index (χ4v) is 3.79. The molecule has 28 heavy (non-hydrogen) atoms. The second-order valence-corrected chi connectivity index (χ2v) is 7.51. The molecule has 0 spiro atoms. The van der Waals surface area contributed by atoms with Gasteiger partial charge in [0.1, 0.15) is 5.82 Å². The normalized spacial score (nSPS) is 17.0. The van der Waals surface area contributed by atoms with Gasteiger partial charge in [-0.1, -0.05) is 23.2 Å². The van der Waals surface area contributed by atoms with Gasteiger partial charge in [-0.05, 0) is 55.3 Å². The number of aromatic nitrogens is 2. The third-order valence-electron chi connectivity index (χ3n) is 4.75. The Morgan fingerprint density at radius 3 is 2.68 bits per heavy atom. The Bertz CT molecular complexity index is 1010. The van der Waals surface area contributed by atoms with Gasteiger partial charge in [-0.3, -0.25) is 4.79 Å². The van der Waals surface area contributed by atoms with E-state index in [-0.39, 0.29) is 17.6 Å². The number of halogens is 3. The minimum absolute atomic E-state index is 0.0644. The first-order valence-corrected chi connectivity index (χ1v) is 9.60. The van der Waals surface area contributed by atoms with E-state index in [0.717, 1.165) is 12.8 Å². The summed E-state index contributed by atoms with van der Waals surface area (Å²) in [5, 5.41) is 9.02. The molecule has 1 aliphatic heterocycles. The van der Waals surface area contributed by atoms with E-state index in [0.29, 0.717) is 46.0 Å². The van der Waals surface area contributed by atoms with Crippen LogP contribution in [0.3, 0.4) is 0 Å². The molecule has 5 nitrogen and oxygen atoms in total. The first-order chi connectivity index (χ1) is 13.5. The highest BCUT2D eigenvalue weighted by atomic mass is 35.5. The van der Waals surface area contributed by atoms with Gasteiger partial charge in [0.2, 0.25) is 11.8 Å². The SMILES string of the molecule is O=C(c1ccc(Cl)cc1Cl)N1CCCC(c2nnc(-c3ccc(F)cc3)o2)C1. The summed E-state index contributed by atoms with van der Waals surface area (Å²) >= 11 is 12.1. The lowest BCUT2D eigenvalue weighted by Gasteiger charge is -2.31. The van der Waals surface area contributed by atoms with E-state index in [4.69, 9.17) is 27.6 Å². The number of benzene rings is 2. The van der Waals surface area contributed by atoms with E-state index in [2.05, 4.69) is 10.2 Å². The molecule has 1 unspecified atom stereocenters. The number of nitrogens with zero attached hydrogens (tertiary/aromatic N) is 3. The van der Waals surface area contributed by atoms with E-state index in [1.807, 2.05) is 0 Å². The Labute approximate surface area is 171 Å². The molecule has 1 aromatic heterocycles. The Kier molecular flexibility index (Phi) is 5.33. The number of hydrogen-bond donors (Lipinski definition) is 0. The zero-order valence-corrected chi connectivity index (χ0v) is 16.3. The average Bonchev–Trinajstić information content (AvgIpc) is 3.18. The Hall–Kier alpha value is -2.44. The van der Waals surface area contributed by atoms with Crippen LogP contribution in [0.4, 0.5) is 4.39 Å². The van der Waals surface area contributed by atoms with E-state index < -0.39 is 0 Å². The van der Waals surface area contributed by atoms with E-state index in [9.17, 15) is 9.18 Å². The molecule has 4 rings (SSSR count). The minimum Gasteiger partial charge on any atom is -0.420 e. The smallest absolute Gasteiger partial charge is 0.255 e. The van der Waals surface area contributed by atoms with Crippen molar-refractivity contribution in [2.24, 2.45) is 0 Å². The van der Waals surface area contributed by atoms with Crippen LogP contribution in [-0.4, -0.2) is 34.1 Å². The number of hydrogen-bond acceptors (Lipinski definition) is 4. The van der Waals surface area contributed by atoms with Crippen molar-refractivity contribution in [1.82, 2.24) is 15.1 Å². The van der Waals surface area contributed by atoms with E-state index in [1.165, 1.54) is 12.1 Å². The molecule has 1 amide bonds. The molecule has 1 saturated heterocycles. The quantitative estimate of drug-likeness (QED) is 0.584. The molecule has 3 aromatic rings. The summed E-state index contributed by atoms with van der Waals surface area (Å²) in [4.78, 5) is 14.6. The van der Waals surface area contributed by atoms with Crippen LogP contribution < -0.4 is 0 Å². The molecule has 0 N–H and O–H groups in total. The highest BCUT2D eigenvalue weighted by Crippen LogP contribution is 2.30. The standard InChI is InChI=1S/C20H16Cl2FN3O2/c21-14-5-8-16(17(22)10-14)20(27)26-9-1-2-13(11-26)19-25-24-18(28-19)12-3-6-15(23)7-4-12/h3-8,10,13H,1-2,9,11H2. The molecule has 0 bridgehead atoms. The highest BCUT2D eigenvalue weighted by Gasteiger charge is 2.29. The van der Waals surface area contributed by atoms with Crippen molar-refractivity contribution in [3.05, 3.63) is 69.8 Å². The summed E-state index contributed by atoms with van der Waals surface area (Å²) in [7, 11) is 0. The number of carbonyl (C=O) groups is 1. The average molecular weight is 420 g/mol. The second kappa shape index (κ2) is 7.89. The molecule has 1 atom stereocenters. The molecule has 2 heterocycles. The maximum Gasteiger partial charge on any atom is 0.255 e. The van der Waals surface area contributed by atoms with Crippen LogP contribution in [-0.2, 0) is 0 Å². The molecule has 0 radical (unpaired) electrons. The van der Waals surface area contributed by atoms with Crippen LogP contribution in [0.1, 0.15) is 35.0 Å². The van der Waals surface area contributed by atoms with Crippen LogP contribution in [0, 0.1) is 5.82 Å². The van der Waals surface area contributed by atoms with Crippen molar-refractivity contribution < 1.29 is 13.6 Å². The summed E-state index contributed by atoms with van der Waals surface area (Å²) in [6, 6.07) is 10.7. The lowest BCUT2D eigenvalue weighted by Crippen LogP contribution is -2.39. The fourth-order valence-electron chi connectivity index (χ4n) is 3.31. The number of amides is 1.